The molecule has 0 aromatic heterocycles. The van der Waals surface area contributed by atoms with E-state index in [1.54, 1.807) is 0 Å². The van der Waals surface area contributed by atoms with Crippen LogP contribution in [-0.4, -0.2) is 5.24 Å². The van der Waals surface area contributed by atoms with E-state index in [1.165, 1.54) is 6.92 Å². The molecule has 0 N–H and O–H groups in total. The third-order valence-electron chi connectivity index (χ3n) is 0.733. The summed E-state index contributed by atoms with van der Waals surface area (Å²) in [5.74, 6) is 0. The van der Waals surface area contributed by atoms with Gasteiger partial charge in [-0.1, -0.05) is 29.8 Å². The molecule has 1 aromatic rings. The predicted octanol–water partition coefficient (Wildman–Crippen LogP) is 3.11. The maximum absolute atomic E-state index is 9.21. The van der Waals surface area contributed by atoms with Crippen molar-refractivity contribution in [3.63, 3.8) is 0 Å². The van der Waals surface area contributed by atoms with Crippen LogP contribution >= 0.6 is 23.2 Å². The molecule has 0 radical (unpaired) electrons. The van der Waals surface area contributed by atoms with Crippen LogP contribution < -0.4 is 0 Å². The van der Waals surface area contributed by atoms with Crippen LogP contribution in [0.2, 0.25) is 5.02 Å². The van der Waals surface area contributed by atoms with E-state index in [9.17, 15) is 4.79 Å². The standard InChI is InChI=1S/C6H5Cl.C2H3ClO/c7-6-4-2-1-3-5-6;1-2(3)4/h1-5H;1H3. The molecule has 60 valence electrons. The smallest absolute Gasteiger partial charge is 0.218 e. The molecule has 1 rings (SSSR count). The van der Waals surface area contributed by atoms with Gasteiger partial charge in [0.05, 0.1) is 0 Å². The van der Waals surface area contributed by atoms with E-state index in [2.05, 4.69) is 11.6 Å². The lowest BCUT2D eigenvalue weighted by Gasteiger charge is -1.80. The van der Waals surface area contributed by atoms with Gasteiger partial charge in [0.2, 0.25) is 5.24 Å². The zero-order valence-electron chi connectivity index (χ0n) is 6.05. The average molecular weight is 191 g/mol. The Kier molecular flexibility index (Phi) is 5.90. The quantitative estimate of drug-likeness (QED) is 0.575. The van der Waals surface area contributed by atoms with Crippen LogP contribution in [0.4, 0.5) is 0 Å². The Labute approximate surface area is 75.9 Å². The van der Waals surface area contributed by atoms with Crippen molar-refractivity contribution in [3.05, 3.63) is 35.4 Å². The summed E-state index contributed by atoms with van der Waals surface area (Å²) in [5, 5.41) is 0.433. The number of carbonyl (C=O) groups excluding carboxylic acids is 1. The monoisotopic (exact) mass is 190 g/mol. The minimum absolute atomic E-state index is 0.361. The summed E-state index contributed by atoms with van der Waals surface area (Å²) in [5.41, 5.74) is 0. The van der Waals surface area contributed by atoms with Gasteiger partial charge in [0.15, 0.2) is 0 Å². The zero-order valence-corrected chi connectivity index (χ0v) is 7.56. The number of hydrogen-bond acceptors (Lipinski definition) is 1. The largest absolute Gasteiger partial charge is 0.282 e. The molecule has 0 saturated carbocycles. The molecule has 0 saturated heterocycles. The van der Waals surface area contributed by atoms with Crippen LogP contribution in [0.3, 0.4) is 0 Å². The molecule has 0 heterocycles. The van der Waals surface area contributed by atoms with Gasteiger partial charge in [0, 0.05) is 11.9 Å². The van der Waals surface area contributed by atoms with E-state index in [0.717, 1.165) is 5.02 Å². The highest BCUT2D eigenvalue weighted by molar-refractivity contribution is 6.62. The molecule has 0 unspecified atom stereocenters. The van der Waals surface area contributed by atoms with Crippen LogP contribution in [0.15, 0.2) is 30.3 Å². The van der Waals surface area contributed by atoms with Crippen LogP contribution in [0, 0.1) is 0 Å². The normalized spacial score (nSPS) is 7.91. The second kappa shape index (κ2) is 6.20. The number of carbonyl (C=O) groups is 1. The SMILES string of the molecule is CC(=O)Cl.Clc1ccccc1. The second-order valence-corrected chi connectivity index (χ2v) is 2.73. The molecule has 0 bridgehead atoms. The van der Waals surface area contributed by atoms with Gasteiger partial charge in [-0.15, -0.1) is 0 Å². The molecule has 0 amide bonds. The Morgan fingerprint density at radius 3 is 1.82 bits per heavy atom. The molecular formula is C8H8Cl2O. The number of benzene rings is 1. The third-order valence-corrected chi connectivity index (χ3v) is 0.985. The first-order chi connectivity index (χ1) is 5.13. The van der Waals surface area contributed by atoms with Crippen molar-refractivity contribution in [2.24, 2.45) is 0 Å². The molecule has 0 aliphatic heterocycles. The first kappa shape index (κ1) is 10.5. The van der Waals surface area contributed by atoms with Gasteiger partial charge in [0.1, 0.15) is 0 Å². The van der Waals surface area contributed by atoms with Gasteiger partial charge in [-0.2, -0.15) is 0 Å². The summed E-state index contributed by atoms with van der Waals surface area (Å²) < 4.78 is 0. The van der Waals surface area contributed by atoms with Crippen molar-refractivity contribution in [3.8, 4) is 0 Å². The minimum Gasteiger partial charge on any atom is -0.282 e. The summed E-state index contributed by atoms with van der Waals surface area (Å²) >= 11 is 10.2. The van der Waals surface area contributed by atoms with E-state index in [4.69, 9.17) is 11.6 Å². The molecule has 0 aliphatic rings. The molecule has 0 spiro atoms. The highest BCUT2D eigenvalue weighted by Gasteiger charge is 1.74. The maximum Gasteiger partial charge on any atom is 0.218 e. The fraction of sp³-hybridized carbons (Fsp3) is 0.125. The fourth-order valence-corrected chi connectivity index (χ4v) is 0.560. The lowest BCUT2D eigenvalue weighted by atomic mass is 10.4. The average Bonchev–Trinajstić information content (AvgIpc) is 1.87. The topological polar surface area (TPSA) is 17.1 Å². The predicted molar refractivity (Wildman–Crippen MR) is 48.0 cm³/mol. The summed E-state index contributed by atoms with van der Waals surface area (Å²) in [7, 11) is 0. The Morgan fingerprint density at radius 2 is 1.64 bits per heavy atom. The molecule has 3 heteroatoms. The van der Waals surface area contributed by atoms with Gasteiger partial charge in [0.25, 0.3) is 0 Å². The van der Waals surface area contributed by atoms with E-state index in [0.29, 0.717) is 0 Å². The summed E-state index contributed by atoms with van der Waals surface area (Å²) in [6.45, 7) is 1.29. The number of rotatable bonds is 0. The molecule has 1 aromatic carbocycles. The highest BCUT2D eigenvalue weighted by atomic mass is 35.5. The van der Waals surface area contributed by atoms with Crippen molar-refractivity contribution >= 4 is 28.4 Å². The van der Waals surface area contributed by atoms with Crippen LogP contribution in [-0.2, 0) is 4.79 Å². The molecule has 0 aliphatic carbocycles. The van der Waals surface area contributed by atoms with Crippen LogP contribution in [0.5, 0.6) is 0 Å². The number of hydrogen-bond donors (Lipinski definition) is 0. The first-order valence-electron chi connectivity index (χ1n) is 2.99. The maximum atomic E-state index is 9.21. The Morgan fingerprint density at radius 1 is 1.27 bits per heavy atom. The van der Waals surface area contributed by atoms with E-state index >= 15 is 0 Å². The second-order valence-electron chi connectivity index (χ2n) is 1.77. The van der Waals surface area contributed by atoms with Gasteiger partial charge in [-0.05, 0) is 23.7 Å². The van der Waals surface area contributed by atoms with E-state index < -0.39 is 0 Å². The summed E-state index contributed by atoms with van der Waals surface area (Å²) in [4.78, 5) is 9.21. The molecule has 0 fully saturated rings. The van der Waals surface area contributed by atoms with Gasteiger partial charge in [-0.3, -0.25) is 4.79 Å². The van der Waals surface area contributed by atoms with Crippen LogP contribution in [0.25, 0.3) is 0 Å². The fourth-order valence-electron chi connectivity index (χ4n) is 0.415. The van der Waals surface area contributed by atoms with Crippen molar-refractivity contribution in [2.75, 3.05) is 0 Å². The van der Waals surface area contributed by atoms with Crippen molar-refractivity contribution in [1.82, 2.24) is 0 Å². The highest BCUT2D eigenvalue weighted by Crippen LogP contribution is 2.03. The Hall–Kier alpha value is -0.530. The molecule has 11 heavy (non-hydrogen) atoms. The summed E-state index contributed by atoms with van der Waals surface area (Å²) in [6, 6.07) is 9.44. The van der Waals surface area contributed by atoms with Gasteiger partial charge >= 0.3 is 0 Å². The minimum atomic E-state index is -0.361. The van der Waals surface area contributed by atoms with Crippen molar-refractivity contribution in [2.45, 2.75) is 6.92 Å². The van der Waals surface area contributed by atoms with Gasteiger partial charge in [-0.25, -0.2) is 0 Å². The first-order valence-corrected chi connectivity index (χ1v) is 3.75. The lowest BCUT2D eigenvalue weighted by molar-refractivity contribution is -0.109. The summed E-state index contributed by atoms with van der Waals surface area (Å²) in [6.07, 6.45) is 0. The molecule has 1 nitrogen and oxygen atoms in total. The van der Waals surface area contributed by atoms with Crippen molar-refractivity contribution < 1.29 is 4.79 Å². The zero-order chi connectivity index (χ0) is 8.69. The molecular weight excluding hydrogens is 183 g/mol. The van der Waals surface area contributed by atoms with E-state index in [1.807, 2.05) is 30.3 Å². The Bertz CT molecular complexity index is 205. The molecule has 0 atom stereocenters. The number of halogens is 2. The van der Waals surface area contributed by atoms with Crippen molar-refractivity contribution in [1.29, 1.82) is 0 Å². The third kappa shape index (κ3) is 9.47. The van der Waals surface area contributed by atoms with Gasteiger partial charge < -0.3 is 0 Å². The van der Waals surface area contributed by atoms with E-state index in [-0.39, 0.29) is 5.24 Å². The Balaban J connectivity index is 0.000000218. The van der Waals surface area contributed by atoms with Crippen LogP contribution in [0.1, 0.15) is 6.92 Å². The lowest BCUT2D eigenvalue weighted by Crippen LogP contribution is -1.62.